The molecule has 140 valence electrons. The lowest BCUT2D eigenvalue weighted by molar-refractivity contribution is -0.114. The number of nitrogens with zero attached hydrogens (tertiary/aromatic N) is 3. The summed E-state index contributed by atoms with van der Waals surface area (Å²) in [6.45, 7) is 0.993. The maximum atomic E-state index is 14.0. The molecule has 0 atom stereocenters. The van der Waals surface area contributed by atoms with E-state index in [1.54, 1.807) is 6.08 Å². The average molecular weight is 387 g/mol. The number of aromatic nitrogens is 1. The molecule has 0 aliphatic rings. The second-order valence-corrected chi connectivity index (χ2v) is 7.28. The van der Waals surface area contributed by atoms with Gasteiger partial charge in [0.2, 0.25) is 0 Å². The molecule has 0 aliphatic heterocycles. The lowest BCUT2D eigenvalue weighted by atomic mass is 10.2. The van der Waals surface area contributed by atoms with Crippen LogP contribution in [0.15, 0.2) is 48.5 Å². The smallest absolute Gasteiger partial charge is 0.252 e. The summed E-state index contributed by atoms with van der Waals surface area (Å²) in [5.41, 5.74) is 0.974. The van der Waals surface area contributed by atoms with Crippen molar-refractivity contribution in [3.05, 3.63) is 65.7 Å². The molecule has 0 saturated heterocycles. The molecule has 0 unspecified atom stereocenters. The van der Waals surface area contributed by atoms with Gasteiger partial charge in [0.25, 0.3) is 5.91 Å². The van der Waals surface area contributed by atoms with Crippen molar-refractivity contribution in [2.75, 3.05) is 32.1 Å². The minimum absolute atomic E-state index is 0.0751. The fourth-order valence-electron chi connectivity index (χ4n) is 2.48. The van der Waals surface area contributed by atoms with Crippen LogP contribution in [0.3, 0.4) is 0 Å². The maximum Gasteiger partial charge on any atom is 0.252 e. The number of carbonyl (C=O) groups is 1. The summed E-state index contributed by atoms with van der Waals surface area (Å²) in [5.74, 6) is -1.65. The van der Waals surface area contributed by atoms with Gasteiger partial charge in [-0.3, -0.25) is 9.69 Å². The number of amides is 1. The number of benzene rings is 2. The second-order valence-electron chi connectivity index (χ2n) is 6.27. The van der Waals surface area contributed by atoms with E-state index in [1.165, 1.54) is 17.0 Å². The summed E-state index contributed by atoms with van der Waals surface area (Å²) < 4.78 is 27.8. The third-order valence-electron chi connectivity index (χ3n) is 3.89. The predicted molar refractivity (Wildman–Crippen MR) is 106 cm³/mol. The van der Waals surface area contributed by atoms with Crippen molar-refractivity contribution in [3.63, 3.8) is 0 Å². The van der Waals surface area contributed by atoms with E-state index >= 15 is 0 Å². The molecule has 0 saturated carbocycles. The largest absolute Gasteiger partial charge is 0.308 e. The first-order valence-corrected chi connectivity index (χ1v) is 9.20. The van der Waals surface area contributed by atoms with Crippen molar-refractivity contribution in [1.29, 1.82) is 0 Å². The van der Waals surface area contributed by atoms with E-state index in [4.69, 9.17) is 0 Å². The number of fused-ring (bicyclic) bond motifs is 1. The van der Waals surface area contributed by atoms with Gasteiger partial charge in [-0.1, -0.05) is 41.7 Å². The van der Waals surface area contributed by atoms with E-state index in [2.05, 4.69) is 4.98 Å². The average Bonchev–Trinajstić information content (AvgIpc) is 3.04. The highest BCUT2D eigenvalue weighted by Crippen LogP contribution is 2.31. The molecule has 0 aliphatic carbocycles. The zero-order valence-electron chi connectivity index (χ0n) is 15.0. The Balaban J connectivity index is 1.92. The van der Waals surface area contributed by atoms with Crippen molar-refractivity contribution >= 4 is 38.7 Å². The molecular formula is C20H19F2N3OS. The van der Waals surface area contributed by atoms with Crippen LogP contribution in [0.2, 0.25) is 0 Å². The van der Waals surface area contributed by atoms with E-state index in [0.717, 1.165) is 23.0 Å². The number of hydrogen-bond donors (Lipinski definition) is 0. The Hall–Kier alpha value is -2.64. The number of halogens is 2. The summed E-state index contributed by atoms with van der Waals surface area (Å²) in [5, 5.41) is 0.346. The summed E-state index contributed by atoms with van der Waals surface area (Å²) in [6.07, 6.45) is 3.19. The molecule has 4 nitrogen and oxygen atoms in total. The van der Waals surface area contributed by atoms with Gasteiger partial charge in [-0.05, 0) is 31.8 Å². The van der Waals surface area contributed by atoms with Gasteiger partial charge in [-0.25, -0.2) is 13.8 Å². The zero-order valence-corrected chi connectivity index (χ0v) is 15.8. The molecule has 1 heterocycles. The number of likely N-dealkylation sites (N-methyl/N-ethyl adjacent to an activating group) is 1. The molecule has 0 spiro atoms. The third-order valence-corrected chi connectivity index (χ3v) is 4.91. The molecular weight excluding hydrogens is 368 g/mol. The first-order chi connectivity index (χ1) is 12.9. The van der Waals surface area contributed by atoms with Crippen LogP contribution in [0, 0.1) is 11.6 Å². The van der Waals surface area contributed by atoms with E-state index in [9.17, 15) is 13.6 Å². The van der Waals surface area contributed by atoms with E-state index in [1.807, 2.05) is 49.3 Å². The fraction of sp³-hybridized carbons (Fsp3) is 0.200. The monoisotopic (exact) mass is 387 g/mol. The number of thiazole rings is 1. The number of carbonyl (C=O) groups excluding carboxylic acids is 1. The molecule has 0 fully saturated rings. The topological polar surface area (TPSA) is 36.4 Å². The van der Waals surface area contributed by atoms with Crippen LogP contribution < -0.4 is 4.90 Å². The lowest BCUT2D eigenvalue weighted by Crippen LogP contribution is -2.35. The Morgan fingerprint density at radius 2 is 1.89 bits per heavy atom. The Bertz CT molecular complexity index is 970. The van der Waals surface area contributed by atoms with Gasteiger partial charge in [-0.15, -0.1) is 0 Å². The van der Waals surface area contributed by atoms with Gasteiger partial charge in [0, 0.05) is 25.2 Å². The van der Waals surface area contributed by atoms with Gasteiger partial charge >= 0.3 is 0 Å². The van der Waals surface area contributed by atoms with Crippen molar-refractivity contribution in [2.24, 2.45) is 0 Å². The van der Waals surface area contributed by atoms with Crippen LogP contribution in [-0.4, -0.2) is 43.0 Å². The molecule has 0 radical (unpaired) electrons. The molecule has 7 heteroatoms. The fourth-order valence-corrected chi connectivity index (χ4v) is 3.52. The number of anilines is 1. The van der Waals surface area contributed by atoms with Crippen LogP contribution in [0.25, 0.3) is 16.3 Å². The van der Waals surface area contributed by atoms with Gasteiger partial charge < -0.3 is 4.90 Å². The highest BCUT2D eigenvalue weighted by molar-refractivity contribution is 7.22. The highest BCUT2D eigenvalue weighted by Gasteiger charge is 2.20. The van der Waals surface area contributed by atoms with Gasteiger partial charge in [0.1, 0.15) is 11.3 Å². The van der Waals surface area contributed by atoms with Crippen molar-refractivity contribution in [2.45, 2.75) is 0 Å². The summed E-state index contributed by atoms with van der Waals surface area (Å²) >= 11 is 1.10. The first-order valence-electron chi connectivity index (χ1n) is 8.39. The molecule has 2 aromatic carbocycles. The van der Waals surface area contributed by atoms with Gasteiger partial charge in [0.15, 0.2) is 10.9 Å². The van der Waals surface area contributed by atoms with Crippen LogP contribution in [0.4, 0.5) is 13.9 Å². The van der Waals surface area contributed by atoms with Crippen LogP contribution in [0.5, 0.6) is 0 Å². The summed E-state index contributed by atoms with van der Waals surface area (Å²) in [4.78, 5) is 20.4. The lowest BCUT2D eigenvalue weighted by Gasteiger charge is -2.20. The quantitative estimate of drug-likeness (QED) is 0.596. The Morgan fingerprint density at radius 3 is 2.59 bits per heavy atom. The minimum atomic E-state index is -0.729. The minimum Gasteiger partial charge on any atom is -0.308 e. The Labute approximate surface area is 160 Å². The maximum absolute atomic E-state index is 14.0. The molecule has 0 N–H and O–H groups in total. The molecule has 0 bridgehead atoms. The Morgan fingerprint density at radius 1 is 1.15 bits per heavy atom. The van der Waals surface area contributed by atoms with E-state index in [-0.39, 0.29) is 11.4 Å². The van der Waals surface area contributed by atoms with Crippen molar-refractivity contribution in [3.8, 4) is 0 Å². The number of hydrogen-bond acceptors (Lipinski definition) is 4. The summed E-state index contributed by atoms with van der Waals surface area (Å²) in [6, 6.07) is 11.5. The van der Waals surface area contributed by atoms with Crippen molar-refractivity contribution in [1.82, 2.24) is 9.88 Å². The zero-order chi connectivity index (χ0) is 19.4. The van der Waals surface area contributed by atoms with Crippen LogP contribution in [0.1, 0.15) is 5.56 Å². The van der Waals surface area contributed by atoms with E-state index in [0.29, 0.717) is 22.9 Å². The molecule has 1 aromatic heterocycles. The molecule has 27 heavy (non-hydrogen) atoms. The van der Waals surface area contributed by atoms with Gasteiger partial charge in [0.05, 0.1) is 4.70 Å². The van der Waals surface area contributed by atoms with Crippen LogP contribution in [-0.2, 0) is 4.79 Å². The first kappa shape index (κ1) is 19.1. The van der Waals surface area contributed by atoms with Crippen LogP contribution >= 0.6 is 11.3 Å². The van der Waals surface area contributed by atoms with Crippen molar-refractivity contribution < 1.29 is 13.6 Å². The molecule has 3 aromatic rings. The van der Waals surface area contributed by atoms with E-state index < -0.39 is 11.6 Å². The highest BCUT2D eigenvalue weighted by atomic mass is 32.1. The molecule has 3 rings (SSSR count). The SMILES string of the molecule is CN(C)CCN(C(=O)C=Cc1ccccc1)c1nc2c(F)cc(F)cc2s1. The normalized spacial score (nSPS) is 11.6. The second kappa shape index (κ2) is 8.37. The molecule has 1 amide bonds. The Kier molecular flexibility index (Phi) is 5.93. The number of rotatable bonds is 6. The third kappa shape index (κ3) is 4.75. The predicted octanol–water partition coefficient (Wildman–Crippen LogP) is 4.18. The van der Waals surface area contributed by atoms with Gasteiger partial charge in [-0.2, -0.15) is 0 Å². The standard InChI is InChI=1S/C20H19F2N3OS/c1-24(2)10-11-25(18(26)9-8-14-6-4-3-5-7-14)20-23-19-16(22)12-15(21)13-17(19)27-20/h3-9,12-13H,10-11H2,1-2H3. The summed E-state index contributed by atoms with van der Waals surface area (Å²) in [7, 11) is 3.80.